The van der Waals surface area contributed by atoms with E-state index < -0.39 is 17.6 Å². The monoisotopic (exact) mass is 401 g/mol. The number of methoxy groups -OCH3 is 1. The zero-order valence-corrected chi connectivity index (χ0v) is 18.0. The molecule has 1 heterocycles. The maximum absolute atomic E-state index is 13.7. The van der Waals surface area contributed by atoms with Crippen LogP contribution in [0.15, 0.2) is 17.1 Å². The highest BCUT2D eigenvalue weighted by Gasteiger charge is 2.53. The van der Waals surface area contributed by atoms with Crippen LogP contribution in [0, 0.1) is 13.8 Å². The average molecular weight is 402 g/mol. The summed E-state index contributed by atoms with van der Waals surface area (Å²) in [4.78, 5) is 30.6. The van der Waals surface area contributed by atoms with Crippen molar-refractivity contribution in [3.63, 3.8) is 0 Å². The summed E-state index contributed by atoms with van der Waals surface area (Å²) in [6.45, 7) is 8.04. The average Bonchev–Trinajstić information content (AvgIpc) is 2.93. The molecule has 1 atom stereocenters. The minimum atomic E-state index is -0.843. The first kappa shape index (κ1) is 21.5. The molecule has 1 unspecified atom stereocenters. The van der Waals surface area contributed by atoms with Gasteiger partial charge in [0, 0.05) is 7.11 Å². The highest BCUT2D eigenvalue weighted by atomic mass is 16.7. The van der Waals surface area contributed by atoms with E-state index in [1.54, 1.807) is 14.0 Å². The van der Waals surface area contributed by atoms with Crippen molar-refractivity contribution in [2.75, 3.05) is 13.7 Å². The summed E-state index contributed by atoms with van der Waals surface area (Å²) in [5, 5.41) is 0. The van der Waals surface area contributed by atoms with Crippen LogP contribution in [0.5, 0.6) is 0 Å². The smallest absolute Gasteiger partial charge is 0.434 e. The molecule has 2 aliphatic rings. The third-order valence-electron chi connectivity index (χ3n) is 6.12. The molecular weight excluding hydrogens is 370 g/mol. The number of hydrogen-bond donors (Lipinski definition) is 0. The Bertz CT molecular complexity index is 821. The molecule has 1 aliphatic carbocycles. The molecule has 1 aliphatic heterocycles. The zero-order valence-electron chi connectivity index (χ0n) is 18.0. The Hall–Kier alpha value is -2.21. The van der Waals surface area contributed by atoms with Gasteiger partial charge in [0.05, 0.1) is 12.7 Å². The van der Waals surface area contributed by atoms with Gasteiger partial charge in [-0.1, -0.05) is 24.6 Å². The second-order valence-electron chi connectivity index (χ2n) is 8.01. The topological polar surface area (TPSA) is 74.2 Å². The number of ketones is 1. The quantitative estimate of drug-likeness (QED) is 0.698. The Labute approximate surface area is 172 Å². The highest BCUT2D eigenvalue weighted by molar-refractivity contribution is 6.17. The maximum atomic E-state index is 13.7. The first-order valence-electron chi connectivity index (χ1n) is 10.5. The number of aryl methyl sites for hydroxylation is 3. The van der Waals surface area contributed by atoms with Crippen LogP contribution in [0.25, 0.3) is 0 Å². The molecular formula is C23H31NO5. The van der Waals surface area contributed by atoms with Gasteiger partial charge in [-0.25, -0.2) is 9.79 Å². The third kappa shape index (κ3) is 4.08. The van der Waals surface area contributed by atoms with E-state index in [1.807, 2.05) is 13.8 Å². The fourth-order valence-corrected chi connectivity index (χ4v) is 4.72. The van der Waals surface area contributed by atoms with Gasteiger partial charge in [0.2, 0.25) is 5.90 Å². The number of Topliss-reactive ketones (excluding diaryl/α,β-unsaturated/α-hetero) is 1. The van der Waals surface area contributed by atoms with Gasteiger partial charge in [-0.15, -0.1) is 0 Å². The van der Waals surface area contributed by atoms with Gasteiger partial charge in [-0.3, -0.25) is 4.79 Å². The molecule has 0 saturated heterocycles. The molecule has 1 spiro atoms. The minimum absolute atomic E-state index is 0.0213. The molecule has 0 amide bonds. The van der Waals surface area contributed by atoms with Crippen molar-refractivity contribution in [3.05, 3.63) is 34.4 Å². The standard InChI is InChI=1S/C23H31NO5/c1-6-16-13-14(3)12-15(4)18(16)19-20(25)23(10-8-17(27-5)9-11-23)24-21(19)29-22(26)28-7-2/h12-13,17,19H,6-11H2,1-5H3. The molecule has 0 bridgehead atoms. The van der Waals surface area contributed by atoms with Crippen molar-refractivity contribution >= 4 is 17.8 Å². The number of carbonyl (C=O) groups is 2. The second kappa shape index (κ2) is 8.66. The molecule has 158 valence electrons. The SMILES string of the molecule is CCOC(=O)OC1=NC2(CCC(OC)CC2)C(=O)C1c1c(C)cc(C)cc1CC. The van der Waals surface area contributed by atoms with E-state index >= 15 is 0 Å². The number of carbonyl (C=O) groups excluding carboxylic acids is 2. The highest BCUT2D eigenvalue weighted by Crippen LogP contribution is 2.45. The van der Waals surface area contributed by atoms with Crippen LogP contribution in [-0.2, 0) is 25.4 Å². The summed E-state index contributed by atoms with van der Waals surface area (Å²) in [6.07, 6.45) is 2.84. The Morgan fingerprint density at radius 3 is 2.48 bits per heavy atom. The van der Waals surface area contributed by atoms with Crippen molar-refractivity contribution in [2.45, 2.75) is 77.4 Å². The second-order valence-corrected chi connectivity index (χ2v) is 8.01. The lowest BCUT2D eigenvalue weighted by atomic mass is 9.74. The van der Waals surface area contributed by atoms with Crippen molar-refractivity contribution < 1.29 is 23.8 Å². The third-order valence-corrected chi connectivity index (χ3v) is 6.12. The van der Waals surface area contributed by atoms with Crippen LogP contribution in [-0.4, -0.2) is 43.2 Å². The first-order valence-corrected chi connectivity index (χ1v) is 10.5. The van der Waals surface area contributed by atoms with Crippen LogP contribution in [0.3, 0.4) is 0 Å². The maximum Gasteiger partial charge on any atom is 0.514 e. The van der Waals surface area contributed by atoms with E-state index in [2.05, 4.69) is 19.1 Å². The molecule has 0 radical (unpaired) electrons. The van der Waals surface area contributed by atoms with E-state index in [1.165, 1.54) is 0 Å². The van der Waals surface area contributed by atoms with Gasteiger partial charge in [-0.05, 0) is 69.6 Å². The van der Waals surface area contributed by atoms with Gasteiger partial charge in [0.15, 0.2) is 5.78 Å². The molecule has 1 saturated carbocycles. The molecule has 6 nitrogen and oxygen atoms in total. The number of benzene rings is 1. The van der Waals surface area contributed by atoms with Crippen molar-refractivity contribution in [2.24, 2.45) is 4.99 Å². The van der Waals surface area contributed by atoms with Crippen molar-refractivity contribution in [1.82, 2.24) is 0 Å². The zero-order chi connectivity index (χ0) is 21.2. The van der Waals surface area contributed by atoms with Crippen LogP contribution in [0.1, 0.15) is 67.7 Å². The lowest BCUT2D eigenvalue weighted by Gasteiger charge is -2.33. The molecule has 3 rings (SSSR count). The van der Waals surface area contributed by atoms with Crippen LogP contribution in [0.4, 0.5) is 4.79 Å². The predicted molar refractivity (Wildman–Crippen MR) is 111 cm³/mol. The van der Waals surface area contributed by atoms with Gasteiger partial charge in [0.1, 0.15) is 11.5 Å². The fraction of sp³-hybridized carbons (Fsp3) is 0.609. The molecule has 1 aromatic carbocycles. The lowest BCUT2D eigenvalue weighted by Crippen LogP contribution is -2.41. The fourth-order valence-electron chi connectivity index (χ4n) is 4.72. The minimum Gasteiger partial charge on any atom is -0.434 e. The van der Waals surface area contributed by atoms with Gasteiger partial charge in [-0.2, -0.15) is 0 Å². The Morgan fingerprint density at radius 1 is 1.21 bits per heavy atom. The van der Waals surface area contributed by atoms with Gasteiger partial charge < -0.3 is 14.2 Å². The van der Waals surface area contributed by atoms with Crippen LogP contribution in [0.2, 0.25) is 0 Å². The molecule has 1 aromatic rings. The molecule has 29 heavy (non-hydrogen) atoms. The lowest BCUT2D eigenvalue weighted by molar-refractivity contribution is -0.125. The van der Waals surface area contributed by atoms with Crippen molar-refractivity contribution in [1.29, 1.82) is 0 Å². The van der Waals surface area contributed by atoms with Gasteiger partial charge >= 0.3 is 6.16 Å². The number of ether oxygens (including phenoxy) is 3. The van der Waals surface area contributed by atoms with Crippen LogP contribution >= 0.6 is 0 Å². The van der Waals surface area contributed by atoms with E-state index in [0.717, 1.165) is 41.5 Å². The summed E-state index contributed by atoms with van der Waals surface area (Å²) in [5.41, 5.74) is 3.32. The van der Waals surface area contributed by atoms with E-state index in [0.29, 0.717) is 12.8 Å². The Kier molecular flexibility index (Phi) is 6.42. The van der Waals surface area contributed by atoms with Crippen LogP contribution < -0.4 is 0 Å². The number of hydrogen-bond acceptors (Lipinski definition) is 6. The largest absolute Gasteiger partial charge is 0.514 e. The predicted octanol–water partition coefficient (Wildman–Crippen LogP) is 4.43. The van der Waals surface area contributed by atoms with Gasteiger partial charge in [0.25, 0.3) is 0 Å². The molecule has 0 aromatic heterocycles. The number of nitrogens with zero attached hydrogens (tertiary/aromatic N) is 1. The van der Waals surface area contributed by atoms with E-state index in [4.69, 9.17) is 19.2 Å². The first-order chi connectivity index (χ1) is 13.8. The molecule has 1 fully saturated rings. The Morgan fingerprint density at radius 2 is 1.90 bits per heavy atom. The summed E-state index contributed by atoms with van der Waals surface area (Å²) in [5.74, 6) is -0.479. The number of rotatable bonds is 4. The summed E-state index contributed by atoms with van der Waals surface area (Å²) in [6, 6.07) is 4.17. The summed E-state index contributed by atoms with van der Waals surface area (Å²) >= 11 is 0. The molecule has 6 heteroatoms. The van der Waals surface area contributed by atoms with E-state index in [-0.39, 0.29) is 24.4 Å². The van der Waals surface area contributed by atoms with Crippen molar-refractivity contribution in [3.8, 4) is 0 Å². The molecule has 0 N–H and O–H groups in total. The van der Waals surface area contributed by atoms with E-state index in [9.17, 15) is 9.59 Å². The normalized spacial score (nSPS) is 26.5. The Balaban J connectivity index is 2.04. The summed E-state index contributed by atoms with van der Waals surface area (Å²) < 4.78 is 15.9. The summed E-state index contributed by atoms with van der Waals surface area (Å²) in [7, 11) is 1.70. The number of aliphatic imine (C=N–C) groups is 1.